The molecule has 0 saturated carbocycles. The number of carboxylic acids is 1. The van der Waals surface area contributed by atoms with E-state index in [9.17, 15) is 9.18 Å². The van der Waals surface area contributed by atoms with Gasteiger partial charge in [0, 0.05) is 5.54 Å². The second kappa shape index (κ2) is 4.57. The van der Waals surface area contributed by atoms with Crippen LogP contribution in [0.5, 0.6) is 5.75 Å². The number of ether oxygens (including phenoxy) is 1. The normalized spacial score (nSPS) is 23.1. The third kappa shape index (κ3) is 2.06. The lowest BCUT2D eigenvalue weighted by Gasteiger charge is -2.26. The lowest BCUT2D eigenvalue weighted by molar-refractivity contribution is 0.0692. The van der Waals surface area contributed by atoms with Gasteiger partial charge in [-0.2, -0.15) is 0 Å². The summed E-state index contributed by atoms with van der Waals surface area (Å²) in [5.74, 6) is -2.04. The molecule has 1 aliphatic rings. The molecule has 1 heterocycles. The topological polar surface area (TPSA) is 58.6 Å². The number of carboxylic acid groups (broad SMARTS) is 1. The second-order valence-corrected chi connectivity index (χ2v) is 4.71. The molecule has 0 amide bonds. The molecule has 1 aromatic rings. The summed E-state index contributed by atoms with van der Waals surface area (Å²) in [7, 11) is 1.26. The molecule has 2 rings (SSSR count). The molecule has 1 saturated heterocycles. The predicted octanol–water partition coefficient (Wildman–Crippen LogP) is 2.13. The number of rotatable bonds is 3. The van der Waals surface area contributed by atoms with E-state index in [2.05, 4.69) is 5.32 Å². The van der Waals surface area contributed by atoms with E-state index in [-0.39, 0.29) is 16.9 Å². The van der Waals surface area contributed by atoms with Gasteiger partial charge in [0.15, 0.2) is 11.6 Å². The molecule has 18 heavy (non-hydrogen) atoms. The Hall–Kier alpha value is -1.62. The summed E-state index contributed by atoms with van der Waals surface area (Å²) in [6.45, 7) is 2.80. The first-order chi connectivity index (χ1) is 8.48. The largest absolute Gasteiger partial charge is 0.493 e. The smallest absolute Gasteiger partial charge is 0.339 e. The van der Waals surface area contributed by atoms with Crippen LogP contribution in [-0.2, 0) is 5.54 Å². The van der Waals surface area contributed by atoms with Crippen LogP contribution in [0.15, 0.2) is 12.1 Å². The van der Waals surface area contributed by atoms with Gasteiger partial charge in [0.05, 0.1) is 7.11 Å². The number of benzene rings is 1. The molecule has 1 aliphatic heterocycles. The van der Waals surface area contributed by atoms with Crippen molar-refractivity contribution in [2.24, 2.45) is 0 Å². The van der Waals surface area contributed by atoms with Crippen LogP contribution in [0.1, 0.15) is 35.7 Å². The second-order valence-electron chi connectivity index (χ2n) is 4.71. The van der Waals surface area contributed by atoms with Gasteiger partial charge in [-0.05, 0) is 44.0 Å². The zero-order valence-corrected chi connectivity index (χ0v) is 10.4. The number of aromatic carboxylic acids is 1. The highest BCUT2D eigenvalue weighted by atomic mass is 19.1. The standard InChI is InChI=1S/C13H16FNO3/c1-13(4-3-5-15-13)8-6-9(12(16)17)11(18-2)10(14)7-8/h6-7,15H,3-5H2,1-2H3,(H,16,17). The molecule has 0 aromatic heterocycles. The predicted molar refractivity (Wildman–Crippen MR) is 64.5 cm³/mol. The van der Waals surface area contributed by atoms with Crippen molar-refractivity contribution < 1.29 is 19.0 Å². The van der Waals surface area contributed by atoms with E-state index in [1.54, 1.807) is 0 Å². The molecule has 1 aromatic carbocycles. The van der Waals surface area contributed by atoms with Gasteiger partial charge in [-0.1, -0.05) is 0 Å². The van der Waals surface area contributed by atoms with Crippen molar-refractivity contribution in [3.8, 4) is 5.75 Å². The summed E-state index contributed by atoms with van der Waals surface area (Å²) >= 11 is 0. The molecule has 0 spiro atoms. The maximum Gasteiger partial charge on any atom is 0.339 e. The van der Waals surface area contributed by atoms with Crippen LogP contribution in [0.4, 0.5) is 4.39 Å². The Bertz CT molecular complexity index is 481. The highest BCUT2D eigenvalue weighted by Crippen LogP contribution is 2.34. The summed E-state index contributed by atoms with van der Waals surface area (Å²) in [5, 5.41) is 12.4. The quantitative estimate of drug-likeness (QED) is 0.866. The fraction of sp³-hybridized carbons (Fsp3) is 0.462. The van der Waals surface area contributed by atoms with E-state index in [1.165, 1.54) is 19.2 Å². The number of halogens is 1. The maximum atomic E-state index is 13.9. The van der Waals surface area contributed by atoms with Crippen molar-refractivity contribution >= 4 is 5.97 Å². The fourth-order valence-corrected chi connectivity index (χ4v) is 2.42. The van der Waals surface area contributed by atoms with E-state index in [0.29, 0.717) is 5.56 Å². The SMILES string of the molecule is COc1c(F)cc(C2(C)CCCN2)cc1C(=O)O. The molecule has 1 atom stereocenters. The van der Waals surface area contributed by atoms with Crippen molar-refractivity contribution in [1.82, 2.24) is 5.32 Å². The molecular formula is C13H16FNO3. The molecule has 2 N–H and O–H groups in total. The van der Waals surface area contributed by atoms with E-state index in [1.807, 2.05) is 6.92 Å². The minimum Gasteiger partial charge on any atom is -0.493 e. The lowest BCUT2D eigenvalue weighted by atomic mass is 9.89. The average molecular weight is 253 g/mol. The zero-order chi connectivity index (χ0) is 13.3. The van der Waals surface area contributed by atoms with Crippen molar-refractivity contribution in [2.45, 2.75) is 25.3 Å². The Balaban J connectivity index is 2.54. The van der Waals surface area contributed by atoms with Gasteiger partial charge in [-0.15, -0.1) is 0 Å². The van der Waals surface area contributed by atoms with Crippen molar-refractivity contribution in [1.29, 1.82) is 0 Å². The van der Waals surface area contributed by atoms with E-state index in [4.69, 9.17) is 9.84 Å². The molecule has 1 fully saturated rings. The maximum absolute atomic E-state index is 13.9. The highest BCUT2D eigenvalue weighted by molar-refractivity contribution is 5.91. The van der Waals surface area contributed by atoms with Gasteiger partial charge in [0.1, 0.15) is 5.56 Å². The Labute approximate surface area is 105 Å². The number of hydrogen-bond donors (Lipinski definition) is 2. The monoisotopic (exact) mass is 253 g/mol. The van der Waals surface area contributed by atoms with Gasteiger partial charge in [-0.25, -0.2) is 9.18 Å². The lowest BCUT2D eigenvalue weighted by Crippen LogP contribution is -2.33. The van der Waals surface area contributed by atoms with Crippen LogP contribution in [0.25, 0.3) is 0 Å². The summed E-state index contributed by atoms with van der Waals surface area (Å²) in [4.78, 5) is 11.1. The van der Waals surface area contributed by atoms with Crippen LogP contribution in [0, 0.1) is 5.82 Å². The minimum atomic E-state index is -1.19. The summed E-state index contributed by atoms with van der Waals surface area (Å²) in [6.07, 6.45) is 1.85. The Morgan fingerprint density at radius 3 is 2.78 bits per heavy atom. The molecule has 0 aliphatic carbocycles. The number of hydrogen-bond acceptors (Lipinski definition) is 3. The average Bonchev–Trinajstić information content (AvgIpc) is 2.76. The van der Waals surface area contributed by atoms with Gasteiger partial charge in [-0.3, -0.25) is 0 Å². The van der Waals surface area contributed by atoms with Crippen molar-refractivity contribution in [3.63, 3.8) is 0 Å². The summed E-state index contributed by atoms with van der Waals surface area (Å²) in [5.41, 5.74) is 0.148. The van der Waals surface area contributed by atoms with Crippen LogP contribution < -0.4 is 10.1 Å². The van der Waals surface area contributed by atoms with Crippen LogP contribution in [0.2, 0.25) is 0 Å². The Morgan fingerprint density at radius 2 is 2.28 bits per heavy atom. The van der Waals surface area contributed by atoms with E-state index < -0.39 is 11.8 Å². The number of carbonyl (C=O) groups is 1. The molecule has 1 unspecified atom stereocenters. The minimum absolute atomic E-state index is 0.137. The molecule has 5 heteroatoms. The molecular weight excluding hydrogens is 237 g/mol. The first-order valence-corrected chi connectivity index (χ1v) is 5.84. The van der Waals surface area contributed by atoms with Gasteiger partial charge in [0.2, 0.25) is 0 Å². The molecule has 0 radical (unpaired) electrons. The van der Waals surface area contributed by atoms with Crippen molar-refractivity contribution in [2.75, 3.05) is 13.7 Å². The third-order valence-electron chi connectivity index (χ3n) is 3.48. The Morgan fingerprint density at radius 1 is 1.56 bits per heavy atom. The van der Waals surface area contributed by atoms with Gasteiger partial charge in [0.25, 0.3) is 0 Å². The first kappa shape index (κ1) is 12.8. The molecule has 4 nitrogen and oxygen atoms in total. The molecule has 0 bridgehead atoms. The zero-order valence-electron chi connectivity index (χ0n) is 10.4. The highest BCUT2D eigenvalue weighted by Gasteiger charge is 2.32. The Kier molecular flexibility index (Phi) is 3.26. The van der Waals surface area contributed by atoms with E-state index in [0.717, 1.165) is 19.4 Å². The van der Waals surface area contributed by atoms with E-state index >= 15 is 0 Å². The van der Waals surface area contributed by atoms with Crippen LogP contribution in [-0.4, -0.2) is 24.7 Å². The van der Waals surface area contributed by atoms with Gasteiger partial charge < -0.3 is 15.2 Å². The summed E-state index contributed by atoms with van der Waals surface area (Å²) in [6, 6.07) is 2.84. The number of methoxy groups -OCH3 is 1. The first-order valence-electron chi connectivity index (χ1n) is 5.84. The van der Waals surface area contributed by atoms with Gasteiger partial charge >= 0.3 is 5.97 Å². The van der Waals surface area contributed by atoms with Crippen LogP contribution >= 0.6 is 0 Å². The molecule has 98 valence electrons. The summed E-state index contributed by atoms with van der Waals surface area (Å²) < 4.78 is 18.7. The van der Waals surface area contributed by atoms with Crippen LogP contribution in [0.3, 0.4) is 0 Å². The fourth-order valence-electron chi connectivity index (χ4n) is 2.42. The third-order valence-corrected chi connectivity index (χ3v) is 3.48. The van der Waals surface area contributed by atoms with Crippen molar-refractivity contribution in [3.05, 3.63) is 29.1 Å². The number of nitrogens with one attached hydrogen (secondary N) is 1.